The average molecular weight is 1090 g/mol. The Hall–Kier alpha value is -3.58. The minimum Gasteiger partial charge on any atom is -0.479 e. The van der Waals surface area contributed by atoms with E-state index in [0.29, 0.717) is 19.3 Å². The van der Waals surface area contributed by atoms with Crippen LogP contribution in [0.25, 0.3) is 0 Å². The van der Waals surface area contributed by atoms with Crippen LogP contribution in [0.15, 0.2) is 60.8 Å². The normalized spacial score (nSPS) is 18.4. The Labute approximate surface area is 468 Å². The van der Waals surface area contributed by atoms with E-state index < -0.39 is 67.3 Å². The zero-order valence-corrected chi connectivity index (χ0v) is 49.0. The molecule has 1 fully saturated rings. The van der Waals surface area contributed by atoms with Crippen LogP contribution < -0.4 is 0 Å². The number of hydrogen-bond acceptors (Lipinski definition) is 11. The Morgan fingerprint density at radius 3 is 1.21 bits per heavy atom. The fourth-order valence-corrected chi connectivity index (χ4v) is 9.19. The van der Waals surface area contributed by atoms with E-state index in [1.165, 1.54) is 83.5 Å². The SMILES string of the molecule is CCCCC/C=C\C/C=C\CCCCCCCCCC(=O)OCC(COC1OC(C(=O)O)C(O)C(O)C1OC(=O)CCCCCCCCC/C=C\C/C=C\CCCCC)OC(=O)CCCCCCC/C=C\CCCCCC. The Morgan fingerprint density at radius 1 is 0.429 bits per heavy atom. The fraction of sp³-hybridized carbons (Fsp3) is 0.785. The predicted molar refractivity (Wildman–Crippen MR) is 312 cm³/mol. The van der Waals surface area contributed by atoms with Gasteiger partial charge in [-0.3, -0.25) is 14.4 Å². The van der Waals surface area contributed by atoms with Crippen molar-refractivity contribution in [1.29, 1.82) is 0 Å². The Bertz CT molecular complexity index is 1570. The number of aliphatic hydroxyl groups is 2. The Morgan fingerprint density at radius 2 is 0.779 bits per heavy atom. The number of rotatable bonds is 53. The van der Waals surface area contributed by atoms with Gasteiger partial charge in [-0.05, 0) is 109 Å². The second kappa shape index (κ2) is 53.1. The van der Waals surface area contributed by atoms with E-state index in [1.807, 2.05) is 0 Å². The van der Waals surface area contributed by atoms with Crippen molar-refractivity contribution in [3.05, 3.63) is 60.8 Å². The van der Waals surface area contributed by atoms with Gasteiger partial charge in [-0.15, -0.1) is 0 Å². The molecule has 1 rings (SSSR count). The lowest BCUT2D eigenvalue weighted by atomic mass is 9.98. The molecular formula is C65H112O12. The van der Waals surface area contributed by atoms with Crippen LogP contribution in [0.4, 0.5) is 0 Å². The third-order valence-corrected chi connectivity index (χ3v) is 14.0. The van der Waals surface area contributed by atoms with Gasteiger partial charge in [-0.25, -0.2) is 4.79 Å². The highest BCUT2D eigenvalue weighted by Crippen LogP contribution is 2.26. The van der Waals surface area contributed by atoms with Crippen LogP contribution in [0, 0.1) is 0 Å². The summed E-state index contributed by atoms with van der Waals surface area (Å²) < 4.78 is 28.5. The van der Waals surface area contributed by atoms with Crippen molar-refractivity contribution in [2.45, 2.75) is 314 Å². The van der Waals surface area contributed by atoms with E-state index in [0.717, 1.165) is 135 Å². The number of carbonyl (C=O) groups is 4. The van der Waals surface area contributed by atoms with Crippen molar-refractivity contribution in [3.63, 3.8) is 0 Å². The largest absolute Gasteiger partial charge is 0.479 e. The third kappa shape index (κ3) is 43.0. The molecule has 444 valence electrons. The molecule has 6 unspecified atom stereocenters. The summed E-state index contributed by atoms with van der Waals surface area (Å²) in [6, 6.07) is 0. The number of aliphatic hydroxyl groups excluding tert-OH is 2. The maximum absolute atomic E-state index is 13.1. The van der Waals surface area contributed by atoms with Gasteiger partial charge in [0.25, 0.3) is 0 Å². The lowest BCUT2D eigenvalue weighted by Crippen LogP contribution is -2.61. The molecule has 0 aliphatic carbocycles. The lowest BCUT2D eigenvalue weighted by Gasteiger charge is -2.40. The average Bonchev–Trinajstić information content (AvgIpc) is 3.42. The number of carboxylic acid groups (broad SMARTS) is 1. The molecule has 0 aromatic heterocycles. The highest BCUT2D eigenvalue weighted by Gasteiger charge is 2.50. The topological polar surface area (TPSA) is 175 Å². The minimum atomic E-state index is -1.91. The number of allylic oxidation sites excluding steroid dienone is 10. The van der Waals surface area contributed by atoms with E-state index in [1.54, 1.807) is 0 Å². The van der Waals surface area contributed by atoms with Crippen LogP contribution in [0.3, 0.4) is 0 Å². The van der Waals surface area contributed by atoms with E-state index in [-0.39, 0.29) is 25.9 Å². The maximum Gasteiger partial charge on any atom is 0.335 e. The summed E-state index contributed by atoms with van der Waals surface area (Å²) in [5.74, 6) is -3.14. The number of unbranched alkanes of at least 4 members (excludes halogenated alkanes) is 29. The van der Waals surface area contributed by atoms with E-state index in [4.69, 9.17) is 23.7 Å². The zero-order valence-electron chi connectivity index (χ0n) is 49.0. The number of esters is 3. The summed E-state index contributed by atoms with van der Waals surface area (Å²) in [6.45, 7) is 5.93. The molecule has 0 bridgehead atoms. The summed E-state index contributed by atoms with van der Waals surface area (Å²) in [5.41, 5.74) is 0. The second-order valence-electron chi connectivity index (χ2n) is 21.3. The molecular weight excluding hydrogens is 973 g/mol. The maximum atomic E-state index is 13.1. The monoisotopic (exact) mass is 1080 g/mol. The summed E-state index contributed by atoms with van der Waals surface area (Å²) in [5, 5.41) is 31.5. The van der Waals surface area contributed by atoms with E-state index in [2.05, 4.69) is 81.5 Å². The summed E-state index contributed by atoms with van der Waals surface area (Å²) in [7, 11) is 0. The van der Waals surface area contributed by atoms with Crippen molar-refractivity contribution in [2.75, 3.05) is 13.2 Å². The van der Waals surface area contributed by atoms with Crippen LogP contribution in [0.5, 0.6) is 0 Å². The zero-order chi connectivity index (χ0) is 56.1. The molecule has 1 heterocycles. The van der Waals surface area contributed by atoms with Crippen LogP contribution in [0.1, 0.15) is 278 Å². The Kier molecular flexibility index (Phi) is 49.2. The van der Waals surface area contributed by atoms with E-state index >= 15 is 0 Å². The molecule has 3 N–H and O–H groups in total. The molecule has 0 radical (unpaired) electrons. The summed E-state index contributed by atoms with van der Waals surface area (Å²) in [4.78, 5) is 51.2. The van der Waals surface area contributed by atoms with Gasteiger partial charge < -0.3 is 39.0 Å². The van der Waals surface area contributed by atoms with Crippen LogP contribution in [-0.2, 0) is 42.9 Å². The van der Waals surface area contributed by atoms with Crippen molar-refractivity contribution >= 4 is 23.9 Å². The van der Waals surface area contributed by atoms with Crippen molar-refractivity contribution < 1.29 is 58.2 Å². The number of ether oxygens (including phenoxy) is 5. The van der Waals surface area contributed by atoms with Crippen molar-refractivity contribution in [1.82, 2.24) is 0 Å². The minimum absolute atomic E-state index is 0.0498. The first-order chi connectivity index (χ1) is 37.6. The van der Waals surface area contributed by atoms with Crippen LogP contribution in [0.2, 0.25) is 0 Å². The van der Waals surface area contributed by atoms with Gasteiger partial charge in [-0.2, -0.15) is 0 Å². The smallest absolute Gasteiger partial charge is 0.335 e. The quantitative estimate of drug-likeness (QED) is 0.0228. The molecule has 0 aromatic carbocycles. The fourth-order valence-electron chi connectivity index (χ4n) is 9.19. The van der Waals surface area contributed by atoms with Crippen molar-refractivity contribution in [3.8, 4) is 0 Å². The van der Waals surface area contributed by atoms with Gasteiger partial charge in [-0.1, -0.05) is 210 Å². The first-order valence-electron chi connectivity index (χ1n) is 31.3. The van der Waals surface area contributed by atoms with Gasteiger partial charge in [0, 0.05) is 19.3 Å². The lowest BCUT2D eigenvalue weighted by molar-refractivity contribution is -0.301. The molecule has 0 spiro atoms. The predicted octanol–water partition coefficient (Wildman–Crippen LogP) is 16.3. The molecule has 1 saturated heterocycles. The molecule has 0 saturated carbocycles. The first-order valence-corrected chi connectivity index (χ1v) is 31.3. The molecule has 77 heavy (non-hydrogen) atoms. The molecule has 0 aromatic rings. The number of carbonyl (C=O) groups excluding carboxylic acids is 3. The third-order valence-electron chi connectivity index (χ3n) is 14.0. The van der Waals surface area contributed by atoms with E-state index in [9.17, 15) is 34.5 Å². The highest BCUT2D eigenvalue weighted by atomic mass is 16.7. The van der Waals surface area contributed by atoms with Gasteiger partial charge >= 0.3 is 23.9 Å². The first kappa shape index (κ1) is 71.4. The molecule has 1 aliphatic heterocycles. The Balaban J connectivity index is 2.67. The highest BCUT2D eigenvalue weighted by molar-refractivity contribution is 5.74. The molecule has 12 heteroatoms. The van der Waals surface area contributed by atoms with Gasteiger partial charge in [0.1, 0.15) is 18.8 Å². The summed E-state index contributed by atoms with van der Waals surface area (Å²) >= 11 is 0. The van der Waals surface area contributed by atoms with Crippen LogP contribution in [-0.4, -0.2) is 89.2 Å². The second-order valence-corrected chi connectivity index (χ2v) is 21.3. The number of aliphatic carboxylic acids is 1. The van der Waals surface area contributed by atoms with Crippen molar-refractivity contribution in [2.24, 2.45) is 0 Å². The number of carboxylic acids is 1. The molecule has 6 atom stereocenters. The number of hydrogen-bond donors (Lipinski definition) is 3. The van der Waals surface area contributed by atoms with Crippen LogP contribution >= 0.6 is 0 Å². The molecule has 1 aliphatic rings. The summed E-state index contributed by atoms with van der Waals surface area (Å²) in [6.07, 6.45) is 53.2. The molecule has 0 amide bonds. The van der Waals surface area contributed by atoms with Gasteiger partial charge in [0.2, 0.25) is 0 Å². The van der Waals surface area contributed by atoms with Gasteiger partial charge in [0.05, 0.1) is 6.61 Å². The van der Waals surface area contributed by atoms with Gasteiger partial charge in [0.15, 0.2) is 24.6 Å². The standard InChI is InChI=1S/C65H112O12/c1-4-7-10-13-16-19-22-25-27-29-31-34-36-39-42-45-48-51-57(66)73-54-56(75-58(67)52-49-46-43-40-37-33-24-21-18-15-12-9-6-3)55-74-65-63(61(70)60(69)62(77-65)64(71)72)76-59(68)53-50-47-44-41-38-35-32-30-28-26-23-20-17-14-11-8-5-2/h16-17,19-21,24-28,56,60-63,65,69-70H,4-15,18,22-23,29-55H2,1-3H3,(H,71,72)/b19-16-,20-17-,24-21-,27-25-,28-26-. The molecule has 12 nitrogen and oxygen atoms in total.